The molecule has 0 unspecified atom stereocenters. The smallest absolute Gasteiger partial charge is 0.0736 e. The monoisotopic (exact) mass is 1100 g/mol. The lowest BCUT2D eigenvalue weighted by Gasteiger charge is -2.40. The molecule has 0 bridgehead atoms. The van der Waals surface area contributed by atoms with E-state index in [4.69, 9.17) is 0 Å². The van der Waals surface area contributed by atoms with Crippen LogP contribution in [0.1, 0.15) is 66.8 Å². The Hall–Kier alpha value is -9.64. The Labute approximate surface area is 498 Å². The number of hydrogen-bond donors (Lipinski definition) is 0. The van der Waals surface area contributed by atoms with Crippen molar-refractivity contribution in [1.82, 2.24) is 0 Å². The van der Waals surface area contributed by atoms with Crippen LogP contribution in [-0.4, -0.2) is 0 Å². The molecule has 2 aliphatic heterocycles. The van der Waals surface area contributed by atoms with Gasteiger partial charge >= 0.3 is 0 Å². The molecular formula is C81H51NS2. The van der Waals surface area contributed by atoms with Crippen LogP contribution in [0.15, 0.2) is 329 Å². The van der Waals surface area contributed by atoms with E-state index in [1.807, 2.05) is 23.5 Å². The average molecular weight is 1100 g/mol. The van der Waals surface area contributed by atoms with Gasteiger partial charge in [-0.15, -0.1) is 0 Å². The molecule has 1 nitrogen and oxygen atoms in total. The zero-order chi connectivity index (χ0) is 55.1. The maximum Gasteiger partial charge on any atom is 0.0736 e. The number of anilines is 3. The number of hydrogen-bond acceptors (Lipinski definition) is 3. The van der Waals surface area contributed by atoms with Crippen LogP contribution in [-0.2, 0) is 16.2 Å². The zero-order valence-corrected chi connectivity index (χ0v) is 47.3. The molecule has 5 aliphatic rings. The third kappa shape index (κ3) is 6.27. The highest BCUT2D eigenvalue weighted by atomic mass is 32.2. The maximum atomic E-state index is 2.58. The molecule has 0 amide bonds. The largest absolute Gasteiger partial charge is 0.310 e. The summed E-state index contributed by atoms with van der Waals surface area (Å²) in [6.45, 7) is 0. The highest BCUT2D eigenvalue weighted by Crippen LogP contribution is 2.67. The molecule has 0 aromatic heterocycles. The van der Waals surface area contributed by atoms with E-state index in [9.17, 15) is 0 Å². The molecule has 3 heteroatoms. The summed E-state index contributed by atoms with van der Waals surface area (Å²) < 4.78 is 0. The molecule has 0 N–H and O–H groups in total. The van der Waals surface area contributed by atoms with E-state index in [0.29, 0.717) is 0 Å². The predicted molar refractivity (Wildman–Crippen MR) is 347 cm³/mol. The predicted octanol–water partition coefficient (Wildman–Crippen LogP) is 20.8. The van der Waals surface area contributed by atoms with Crippen molar-refractivity contribution in [3.63, 3.8) is 0 Å². The van der Waals surface area contributed by atoms with Crippen LogP contribution in [0.4, 0.5) is 17.1 Å². The number of rotatable bonds is 6. The summed E-state index contributed by atoms with van der Waals surface area (Å²) >= 11 is 3.79. The van der Waals surface area contributed by atoms with Crippen LogP contribution in [0.5, 0.6) is 0 Å². The third-order valence-corrected chi connectivity index (χ3v) is 21.4. The molecule has 0 radical (unpaired) electrons. The van der Waals surface area contributed by atoms with Gasteiger partial charge in [0.05, 0.1) is 21.9 Å². The molecule has 3 aliphatic carbocycles. The van der Waals surface area contributed by atoms with Gasteiger partial charge in [0.25, 0.3) is 0 Å². The lowest BCUT2D eigenvalue weighted by Crippen LogP contribution is -2.32. The molecule has 2 heterocycles. The van der Waals surface area contributed by atoms with Crippen molar-refractivity contribution in [3.05, 3.63) is 376 Å². The molecule has 0 saturated carbocycles. The van der Waals surface area contributed by atoms with E-state index in [-0.39, 0.29) is 0 Å². The average Bonchev–Trinajstić information content (AvgIpc) is 1.62. The van der Waals surface area contributed by atoms with Crippen molar-refractivity contribution < 1.29 is 0 Å². The molecule has 13 aromatic carbocycles. The van der Waals surface area contributed by atoms with Crippen molar-refractivity contribution >= 4 is 40.6 Å². The highest BCUT2D eigenvalue weighted by molar-refractivity contribution is 7.99. The van der Waals surface area contributed by atoms with E-state index in [1.165, 1.54) is 131 Å². The van der Waals surface area contributed by atoms with Crippen LogP contribution < -0.4 is 4.90 Å². The first-order valence-electron chi connectivity index (χ1n) is 29.1. The summed E-state index contributed by atoms with van der Waals surface area (Å²) in [5.74, 6) is 0. The minimum atomic E-state index is -0.545. The molecular weight excluding hydrogens is 1050 g/mol. The Morgan fingerprint density at radius 2 is 0.595 bits per heavy atom. The lowest BCUT2D eigenvalue weighted by molar-refractivity contribution is 0.722. The van der Waals surface area contributed by atoms with Crippen molar-refractivity contribution in [2.24, 2.45) is 0 Å². The maximum absolute atomic E-state index is 2.58. The summed E-state index contributed by atoms with van der Waals surface area (Å²) in [7, 11) is 0. The molecule has 0 saturated heterocycles. The second-order valence-electron chi connectivity index (χ2n) is 22.8. The zero-order valence-electron chi connectivity index (χ0n) is 45.7. The van der Waals surface area contributed by atoms with E-state index in [1.54, 1.807) is 0 Å². The number of nitrogens with zero attached hydrogens (tertiary/aromatic N) is 1. The van der Waals surface area contributed by atoms with Crippen LogP contribution in [0.3, 0.4) is 0 Å². The molecule has 13 aromatic rings. The third-order valence-electron chi connectivity index (χ3n) is 19.1. The summed E-state index contributed by atoms with van der Waals surface area (Å²) in [5, 5.41) is 0. The summed E-state index contributed by atoms with van der Waals surface area (Å²) in [6, 6.07) is 117. The molecule has 18 rings (SSSR count). The van der Waals surface area contributed by atoms with E-state index < -0.39 is 16.2 Å². The van der Waals surface area contributed by atoms with Crippen molar-refractivity contribution in [2.45, 2.75) is 35.8 Å². The number of benzene rings is 13. The van der Waals surface area contributed by atoms with E-state index in [0.717, 1.165) is 17.1 Å². The van der Waals surface area contributed by atoms with Gasteiger partial charge in [-0.05, 0) is 160 Å². The summed E-state index contributed by atoms with van der Waals surface area (Å²) in [4.78, 5) is 7.77. The normalized spacial score (nSPS) is 14.9. The fourth-order valence-corrected chi connectivity index (χ4v) is 18.4. The van der Waals surface area contributed by atoms with Gasteiger partial charge in [-0.1, -0.05) is 278 Å². The first-order chi connectivity index (χ1) is 41.7. The summed E-state index contributed by atoms with van der Waals surface area (Å²) in [6.07, 6.45) is 0. The van der Waals surface area contributed by atoms with Gasteiger partial charge in [-0.25, -0.2) is 0 Å². The Bertz CT molecular complexity index is 4730. The first-order valence-corrected chi connectivity index (χ1v) is 30.8. The quantitative estimate of drug-likeness (QED) is 0.163. The van der Waals surface area contributed by atoms with Crippen molar-refractivity contribution in [1.29, 1.82) is 0 Å². The molecule has 392 valence electrons. The van der Waals surface area contributed by atoms with Gasteiger partial charge in [0, 0.05) is 36.5 Å². The Balaban J connectivity index is 0.890. The highest BCUT2D eigenvalue weighted by Gasteiger charge is 2.53. The van der Waals surface area contributed by atoms with Gasteiger partial charge < -0.3 is 4.90 Å². The van der Waals surface area contributed by atoms with Gasteiger partial charge in [-0.3, -0.25) is 0 Å². The molecule has 2 spiro atoms. The molecule has 0 fully saturated rings. The van der Waals surface area contributed by atoms with Crippen molar-refractivity contribution in [3.8, 4) is 44.5 Å². The summed E-state index contributed by atoms with van der Waals surface area (Å²) in [5.41, 5.74) is 27.5. The lowest BCUT2D eigenvalue weighted by atomic mass is 9.67. The number of fused-ring (bicyclic) bond motifs is 21. The molecule has 0 atom stereocenters. The van der Waals surface area contributed by atoms with Crippen LogP contribution in [0, 0.1) is 0 Å². The Kier molecular flexibility index (Phi) is 10.4. The minimum Gasteiger partial charge on any atom is -0.310 e. The van der Waals surface area contributed by atoms with Crippen LogP contribution in [0.2, 0.25) is 0 Å². The van der Waals surface area contributed by atoms with Gasteiger partial charge in [0.15, 0.2) is 0 Å². The van der Waals surface area contributed by atoms with Crippen LogP contribution >= 0.6 is 23.5 Å². The second kappa shape index (κ2) is 18.2. The van der Waals surface area contributed by atoms with Gasteiger partial charge in [-0.2, -0.15) is 0 Å². The molecule has 84 heavy (non-hydrogen) atoms. The minimum absolute atomic E-state index is 0.497. The Morgan fingerprint density at radius 1 is 0.226 bits per heavy atom. The van der Waals surface area contributed by atoms with Gasteiger partial charge in [0.2, 0.25) is 0 Å². The SMILES string of the molecule is c1ccc(C2(c3ccccc3)c3ccccc3-c3c(-c4ccc(N(c5ccc6c(c5)C5(c7ccccc7Sc7ccccc75)c5ccccc5-6)c5cccc6c5-c5ccccc5C65c6ccccc6Sc6ccccc65)cc4)cccc32)cc1. The fourth-order valence-electron chi connectivity index (χ4n) is 16.0. The standard InChI is InChI=1S/C81H51NS2/c1-3-23-53(24-4-1)79(54-25-5-2-6-26-54)63-32-11-8-28-60(63)77-57(30-21-38-69(77)79)52-45-47-55(48-46-52)82(56-49-50-59-58-27-7-10-31-62(58)81(71(59)51-56)67-36-15-19-43-75(67)84-76-44-20-16-37-68(76)81)72-40-22-39-70-78(72)61-29-9-12-33-64(61)80(70)65-34-13-17-41-73(65)83-74-42-18-14-35-66(74)80/h1-51H. The van der Waals surface area contributed by atoms with E-state index in [2.05, 4.69) is 314 Å². The topological polar surface area (TPSA) is 3.24 Å². The van der Waals surface area contributed by atoms with Crippen LogP contribution in [0.25, 0.3) is 44.5 Å². The first kappa shape index (κ1) is 47.9. The fraction of sp³-hybridized carbons (Fsp3) is 0.0370. The van der Waals surface area contributed by atoms with Gasteiger partial charge in [0.1, 0.15) is 0 Å². The Morgan fingerprint density at radius 3 is 1.14 bits per heavy atom. The van der Waals surface area contributed by atoms with Crippen molar-refractivity contribution in [2.75, 3.05) is 4.90 Å². The van der Waals surface area contributed by atoms with E-state index >= 15 is 0 Å². The second-order valence-corrected chi connectivity index (χ2v) is 25.0.